The van der Waals surface area contributed by atoms with Crippen LogP contribution in [0.2, 0.25) is 0 Å². The van der Waals surface area contributed by atoms with Gasteiger partial charge >= 0.3 is 5.97 Å². The number of aromatic nitrogens is 1. The van der Waals surface area contributed by atoms with Crippen molar-refractivity contribution in [2.24, 2.45) is 0 Å². The van der Waals surface area contributed by atoms with E-state index in [9.17, 15) is 9.59 Å². The quantitative estimate of drug-likeness (QED) is 0.341. The maximum Gasteiger partial charge on any atom is 0.337 e. The van der Waals surface area contributed by atoms with Crippen LogP contribution in [-0.2, 0) is 4.74 Å². The summed E-state index contributed by atoms with van der Waals surface area (Å²) >= 11 is 3.55. The Morgan fingerprint density at radius 3 is 2.31 bits per heavy atom. The summed E-state index contributed by atoms with van der Waals surface area (Å²) in [7, 11) is 1.33. The minimum absolute atomic E-state index is 0.240. The summed E-state index contributed by atoms with van der Waals surface area (Å²) in [5.74, 6) is -0.665. The van der Waals surface area contributed by atoms with E-state index in [0.717, 1.165) is 37.8 Å². The van der Waals surface area contributed by atoms with E-state index in [1.807, 2.05) is 56.3 Å². The molecule has 1 N–H and O–H groups in total. The number of halogens is 1. The molecule has 0 saturated heterocycles. The Morgan fingerprint density at radius 2 is 1.66 bits per heavy atom. The number of carbonyl (C=O) groups excluding carboxylic acids is 2. The zero-order valence-electron chi connectivity index (χ0n) is 17.9. The smallest absolute Gasteiger partial charge is 0.337 e. The van der Waals surface area contributed by atoms with Gasteiger partial charge in [-0.1, -0.05) is 46.3 Å². The second kappa shape index (κ2) is 8.93. The van der Waals surface area contributed by atoms with E-state index in [0.29, 0.717) is 16.8 Å². The van der Waals surface area contributed by atoms with Crippen molar-refractivity contribution in [3.8, 4) is 11.3 Å². The summed E-state index contributed by atoms with van der Waals surface area (Å²) in [4.78, 5) is 30.1. The van der Waals surface area contributed by atoms with Gasteiger partial charge in [-0.2, -0.15) is 0 Å². The zero-order chi connectivity index (χ0) is 22.8. The second-order valence-electron chi connectivity index (χ2n) is 7.47. The van der Waals surface area contributed by atoms with Crippen LogP contribution in [-0.4, -0.2) is 24.0 Å². The molecule has 1 amide bonds. The number of methoxy groups -OCH3 is 1. The summed E-state index contributed by atoms with van der Waals surface area (Å²) in [5.41, 5.74) is 5.84. The number of aryl methyl sites for hydroxylation is 1. The molecule has 4 aromatic rings. The number of pyridine rings is 1. The lowest BCUT2D eigenvalue weighted by Gasteiger charge is -2.16. The number of nitrogens with one attached hydrogen (secondary N) is 1. The number of nitrogens with zero attached hydrogens (tertiary/aromatic N) is 1. The highest BCUT2D eigenvalue weighted by atomic mass is 79.9. The van der Waals surface area contributed by atoms with Gasteiger partial charge < -0.3 is 10.1 Å². The van der Waals surface area contributed by atoms with Gasteiger partial charge in [0, 0.05) is 21.1 Å². The lowest BCUT2D eigenvalue weighted by molar-refractivity contribution is 0.0600. The third kappa shape index (κ3) is 4.14. The molecule has 1 aromatic heterocycles. The highest BCUT2D eigenvalue weighted by Crippen LogP contribution is 2.33. The van der Waals surface area contributed by atoms with Crippen LogP contribution in [0.1, 0.15) is 31.8 Å². The first-order chi connectivity index (χ1) is 15.4. The van der Waals surface area contributed by atoms with Gasteiger partial charge in [0.15, 0.2) is 0 Å². The van der Waals surface area contributed by atoms with Gasteiger partial charge in [-0.15, -0.1) is 0 Å². The van der Waals surface area contributed by atoms with E-state index in [-0.39, 0.29) is 5.91 Å². The maximum absolute atomic E-state index is 13.5. The summed E-state index contributed by atoms with van der Waals surface area (Å²) in [6.45, 7) is 3.90. The molecule has 0 aliphatic rings. The number of fused-ring (bicyclic) bond motifs is 1. The SMILES string of the molecule is COC(=O)c1ccc(NC(=O)c2c(C)c(-c3ccccc3)nc3c(C)cc(Br)cc23)cc1. The van der Waals surface area contributed by atoms with Gasteiger partial charge in [0.25, 0.3) is 5.91 Å². The van der Waals surface area contributed by atoms with Gasteiger partial charge in [-0.05, 0) is 61.4 Å². The molecule has 0 saturated carbocycles. The van der Waals surface area contributed by atoms with E-state index < -0.39 is 5.97 Å². The molecule has 5 nitrogen and oxygen atoms in total. The molecule has 0 unspecified atom stereocenters. The van der Waals surface area contributed by atoms with Crippen LogP contribution >= 0.6 is 15.9 Å². The summed E-state index contributed by atoms with van der Waals surface area (Å²) < 4.78 is 5.61. The topological polar surface area (TPSA) is 68.3 Å². The number of carbonyl (C=O) groups is 2. The Morgan fingerprint density at radius 1 is 0.969 bits per heavy atom. The second-order valence-corrected chi connectivity index (χ2v) is 8.38. The highest BCUT2D eigenvalue weighted by molar-refractivity contribution is 9.10. The molecule has 0 spiro atoms. The highest BCUT2D eigenvalue weighted by Gasteiger charge is 2.20. The lowest BCUT2D eigenvalue weighted by Crippen LogP contribution is -2.15. The van der Waals surface area contributed by atoms with Gasteiger partial charge in [-0.25, -0.2) is 9.78 Å². The van der Waals surface area contributed by atoms with E-state index in [1.54, 1.807) is 24.3 Å². The maximum atomic E-state index is 13.5. The molecule has 1 heterocycles. The van der Waals surface area contributed by atoms with Gasteiger partial charge in [0.2, 0.25) is 0 Å². The predicted molar refractivity (Wildman–Crippen MR) is 130 cm³/mol. The fourth-order valence-corrected chi connectivity index (χ4v) is 4.33. The summed E-state index contributed by atoms with van der Waals surface area (Å²) in [5, 5.41) is 3.73. The van der Waals surface area contributed by atoms with Crippen LogP contribution in [0, 0.1) is 13.8 Å². The lowest BCUT2D eigenvalue weighted by atomic mass is 9.96. The molecule has 0 fully saturated rings. The molecule has 0 radical (unpaired) electrons. The number of anilines is 1. The molecule has 0 aliphatic heterocycles. The molecule has 0 bridgehead atoms. The van der Waals surface area contributed by atoms with Crippen LogP contribution in [0.25, 0.3) is 22.2 Å². The molecular weight excluding hydrogens is 468 g/mol. The van der Waals surface area contributed by atoms with Crippen LogP contribution < -0.4 is 5.32 Å². The molecule has 0 aliphatic carbocycles. The number of hydrogen-bond acceptors (Lipinski definition) is 4. The average molecular weight is 489 g/mol. The molecule has 6 heteroatoms. The van der Waals surface area contributed by atoms with Crippen LogP contribution in [0.4, 0.5) is 5.69 Å². The fraction of sp³-hybridized carbons (Fsp3) is 0.115. The largest absolute Gasteiger partial charge is 0.465 e. The third-order valence-electron chi connectivity index (χ3n) is 5.33. The molecule has 4 rings (SSSR count). The van der Waals surface area contributed by atoms with Gasteiger partial charge in [-0.3, -0.25) is 4.79 Å². The molecule has 32 heavy (non-hydrogen) atoms. The molecule has 160 valence electrons. The summed E-state index contributed by atoms with van der Waals surface area (Å²) in [6, 6.07) is 20.4. The number of esters is 1. The average Bonchev–Trinajstić information content (AvgIpc) is 2.79. The van der Waals surface area contributed by atoms with Crippen molar-refractivity contribution in [1.82, 2.24) is 4.98 Å². The molecule has 3 aromatic carbocycles. The van der Waals surface area contributed by atoms with Crippen molar-refractivity contribution >= 4 is 44.4 Å². The third-order valence-corrected chi connectivity index (χ3v) is 5.78. The van der Waals surface area contributed by atoms with Crippen LogP contribution in [0.15, 0.2) is 71.2 Å². The Bertz CT molecular complexity index is 1330. The standard InChI is InChI=1S/C26H21BrN2O3/c1-15-13-19(27)14-21-22(16(2)24(29-23(15)21)17-7-5-4-6-8-17)25(30)28-20-11-9-18(10-12-20)26(31)32-3/h4-14H,1-3H3,(H,28,30). The normalized spacial score (nSPS) is 10.8. The van der Waals surface area contributed by atoms with Crippen molar-refractivity contribution in [2.45, 2.75) is 13.8 Å². The van der Waals surface area contributed by atoms with E-state index in [1.165, 1.54) is 7.11 Å². The number of benzene rings is 3. The number of hydrogen-bond donors (Lipinski definition) is 1. The first-order valence-corrected chi connectivity index (χ1v) is 10.8. The number of amides is 1. The first-order valence-electron chi connectivity index (χ1n) is 10.0. The van der Waals surface area contributed by atoms with E-state index in [4.69, 9.17) is 9.72 Å². The van der Waals surface area contributed by atoms with Crippen molar-refractivity contribution in [3.05, 3.63) is 93.5 Å². The van der Waals surface area contributed by atoms with E-state index >= 15 is 0 Å². The Balaban J connectivity index is 1.84. The van der Waals surface area contributed by atoms with Gasteiger partial charge in [0.05, 0.1) is 29.4 Å². The monoisotopic (exact) mass is 488 g/mol. The van der Waals surface area contributed by atoms with Crippen molar-refractivity contribution < 1.29 is 14.3 Å². The number of rotatable bonds is 4. The van der Waals surface area contributed by atoms with E-state index in [2.05, 4.69) is 21.2 Å². The van der Waals surface area contributed by atoms with Crippen molar-refractivity contribution in [3.63, 3.8) is 0 Å². The summed E-state index contributed by atoms with van der Waals surface area (Å²) in [6.07, 6.45) is 0. The van der Waals surface area contributed by atoms with Gasteiger partial charge in [0.1, 0.15) is 0 Å². The zero-order valence-corrected chi connectivity index (χ0v) is 19.5. The van der Waals surface area contributed by atoms with Crippen LogP contribution in [0.5, 0.6) is 0 Å². The predicted octanol–water partition coefficient (Wildman–Crippen LogP) is 6.32. The first kappa shape index (κ1) is 21.7. The van der Waals surface area contributed by atoms with Crippen molar-refractivity contribution in [1.29, 1.82) is 0 Å². The fourth-order valence-electron chi connectivity index (χ4n) is 3.76. The minimum Gasteiger partial charge on any atom is -0.465 e. The molecular formula is C26H21BrN2O3. The minimum atomic E-state index is -0.424. The van der Waals surface area contributed by atoms with Crippen molar-refractivity contribution in [2.75, 3.05) is 12.4 Å². The number of ether oxygens (including phenoxy) is 1. The van der Waals surface area contributed by atoms with Crippen LogP contribution in [0.3, 0.4) is 0 Å². The Kier molecular flexibility index (Phi) is 6.06. The Hall–Kier alpha value is -3.51. The molecule has 0 atom stereocenters. The Labute approximate surface area is 194 Å².